The maximum atomic E-state index is 12.5. The van der Waals surface area contributed by atoms with E-state index >= 15 is 0 Å². The molecule has 0 amide bonds. The lowest BCUT2D eigenvalue weighted by Gasteiger charge is -2.26. The number of ether oxygens (including phenoxy) is 3. The summed E-state index contributed by atoms with van der Waals surface area (Å²) >= 11 is 0. The van der Waals surface area contributed by atoms with E-state index in [0.717, 1.165) is 5.56 Å². The van der Waals surface area contributed by atoms with Crippen LogP contribution in [0.5, 0.6) is 0 Å². The third kappa shape index (κ3) is 1.81. The molecule has 1 aromatic rings. The maximum Gasteiger partial charge on any atom is 0.348 e. The number of hydrogen-bond acceptors (Lipinski definition) is 5. The molecule has 0 fully saturated rings. The van der Waals surface area contributed by atoms with Crippen LogP contribution in [0.2, 0.25) is 0 Å². The minimum Gasteiger partial charge on any atom is -0.463 e. The lowest BCUT2D eigenvalue weighted by molar-refractivity contribution is -0.169. The number of fused-ring (bicyclic) bond motifs is 5. The van der Waals surface area contributed by atoms with E-state index in [0.29, 0.717) is 5.56 Å². The number of carbonyl (C=O) groups is 2. The van der Waals surface area contributed by atoms with Crippen molar-refractivity contribution in [1.29, 1.82) is 0 Å². The molecule has 2 bridgehead atoms. The van der Waals surface area contributed by atoms with Gasteiger partial charge in [0.1, 0.15) is 6.10 Å². The molecule has 2 atom stereocenters. The van der Waals surface area contributed by atoms with Crippen LogP contribution in [-0.2, 0) is 29.4 Å². The van der Waals surface area contributed by atoms with Crippen molar-refractivity contribution >= 4 is 11.9 Å². The van der Waals surface area contributed by atoms with Gasteiger partial charge in [-0.15, -0.1) is 0 Å². The molecule has 0 radical (unpaired) electrons. The lowest BCUT2D eigenvalue weighted by Crippen LogP contribution is -2.40. The van der Waals surface area contributed by atoms with Crippen LogP contribution in [0.1, 0.15) is 31.1 Å². The second-order valence-corrected chi connectivity index (χ2v) is 4.83. The fourth-order valence-corrected chi connectivity index (χ4v) is 2.91. The van der Waals surface area contributed by atoms with Crippen LogP contribution in [0.3, 0.4) is 0 Å². The topological polar surface area (TPSA) is 61.8 Å². The van der Waals surface area contributed by atoms with Gasteiger partial charge in [-0.2, -0.15) is 0 Å². The second-order valence-electron chi connectivity index (χ2n) is 4.83. The van der Waals surface area contributed by atoms with Gasteiger partial charge in [0, 0.05) is 5.56 Å². The number of esters is 2. The average Bonchev–Trinajstić information content (AvgIpc) is 3.03. The quantitative estimate of drug-likeness (QED) is 0.793. The summed E-state index contributed by atoms with van der Waals surface area (Å²) in [7, 11) is 0. The van der Waals surface area contributed by atoms with E-state index in [1.807, 2.05) is 18.2 Å². The molecule has 0 N–H and O–H groups in total. The van der Waals surface area contributed by atoms with Gasteiger partial charge in [0.15, 0.2) is 0 Å². The Morgan fingerprint density at radius 3 is 2.62 bits per heavy atom. The van der Waals surface area contributed by atoms with Gasteiger partial charge in [-0.05, 0) is 25.5 Å². The zero-order chi connectivity index (χ0) is 15.0. The Kier molecular flexibility index (Phi) is 3.29. The molecule has 0 unspecified atom stereocenters. The van der Waals surface area contributed by atoms with Crippen LogP contribution >= 0.6 is 0 Å². The molecule has 0 saturated carbocycles. The Morgan fingerprint density at radius 2 is 1.90 bits per heavy atom. The van der Waals surface area contributed by atoms with Crippen LogP contribution in [0, 0.1) is 0 Å². The van der Waals surface area contributed by atoms with Crippen molar-refractivity contribution in [3.63, 3.8) is 0 Å². The normalized spacial score (nSPS) is 25.2. The van der Waals surface area contributed by atoms with Gasteiger partial charge < -0.3 is 14.2 Å². The van der Waals surface area contributed by atoms with E-state index in [1.54, 1.807) is 26.0 Å². The van der Waals surface area contributed by atoms with E-state index < -0.39 is 23.6 Å². The minimum absolute atomic E-state index is 0.214. The molecule has 0 saturated heterocycles. The van der Waals surface area contributed by atoms with Gasteiger partial charge in [-0.1, -0.05) is 24.3 Å². The average molecular weight is 288 g/mol. The first-order chi connectivity index (χ1) is 10.1. The number of rotatable bonds is 4. The first-order valence-corrected chi connectivity index (χ1v) is 6.99. The predicted octanol–water partition coefficient (Wildman–Crippen LogP) is 2.02. The summed E-state index contributed by atoms with van der Waals surface area (Å²) in [5.41, 5.74) is 0.285. The second kappa shape index (κ2) is 5.00. The largest absolute Gasteiger partial charge is 0.463 e. The van der Waals surface area contributed by atoms with Gasteiger partial charge in [0.2, 0.25) is 5.60 Å². The molecular weight excluding hydrogens is 272 g/mol. The summed E-state index contributed by atoms with van der Waals surface area (Å²) in [5.74, 6) is -1.11. The predicted molar refractivity (Wildman–Crippen MR) is 73.3 cm³/mol. The highest BCUT2D eigenvalue weighted by molar-refractivity contribution is 6.03. The summed E-state index contributed by atoms with van der Waals surface area (Å²) in [5, 5.41) is 0. The third-order valence-electron chi connectivity index (χ3n) is 3.71. The summed E-state index contributed by atoms with van der Waals surface area (Å²) in [6.45, 7) is 3.89. The van der Waals surface area contributed by atoms with E-state index in [4.69, 9.17) is 14.2 Å². The van der Waals surface area contributed by atoms with Crippen molar-refractivity contribution in [3.05, 3.63) is 47.0 Å². The van der Waals surface area contributed by atoms with Gasteiger partial charge in [0.25, 0.3) is 0 Å². The maximum absolute atomic E-state index is 12.5. The van der Waals surface area contributed by atoms with Crippen molar-refractivity contribution in [1.82, 2.24) is 0 Å². The summed E-state index contributed by atoms with van der Waals surface area (Å²) in [6, 6.07) is 7.37. The van der Waals surface area contributed by atoms with E-state index in [-0.39, 0.29) is 18.8 Å². The third-order valence-corrected chi connectivity index (χ3v) is 3.71. The van der Waals surface area contributed by atoms with Crippen LogP contribution in [0.4, 0.5) is 0 Å². The molecule has 110 valence electrons. The van der Waals surface area contributed by atoms with E-state index in [2.05, 4.69) is 0 Å². The van der Waals surface area contributed by atoms with Crippen LogP contribution < -0.4 is 0 Å². The van der Waals surface area contributed by atoms with Crippen LogP contribution in [0.25, 0.3) is 0 Å². The molecule has 2 aliphatic rings. The molecule has 21 heavy (non-hydrogen) atoms. The van der Waals surface area contributed by atoms with Crippen molar-refractivity contribution in [2.45, 2.75) is 25.6 Å². The molecular formula is C16H16O5. The summed E-state index contributed by atoms with van der Waals surface area (Å²) in [6.07, 6.45) is 1.24. The molecule has 2 heterocycles. The SMILES string of the molecule is CCOC(=O)C1=C[C@H]2O[C@]1(C(=O)OCC)c1ccccc12. The van der Waals surface area contributed by atoms with Gasteiger partial charge in [-0.3, -0.25) is 0 Å². The molecule has 1 aromatic carbocycles. The van der Waals surface area contributed by atoms with Crippen molar-refractivity contribution in [3.8, 4) is 0 Å². The van der Waals surface area contributed by atoms with E-state index in [1.165, 1.54) is 0 Å². The van der Waals surface area contributed by atoms with Crippen molar-refractivity contribution < 1.29 is 23.8 Å². The molecule has 5 nitrogen and oxygen atoms in total. The molecule has 0 aromatic heterocycles. The van der Waals surface area contributed by atoms with Crippen LogP contribution in [0.15, 0.2) is 35.9 Å². The highest BCUT2D eigenvalue weighted by atomic mass is 16.6. The number of benzene rings is 1. The van der Waals surface area contributed by atoms with Crippen molar-refractivity contribution in [2.75, 3.05) is 13.2 Å². The molecule has 2 aliphatic heterocycles. The Labute approximate surface area is 122 Å². The van der Waals surface area contributed by atoms with Crippen molar-refractivity contribution in [2.24, 2.45) is 0 Å². The standard InChI is InChI=1S/C16H16O5/c1-3-19-14(17)12-9-13-10-7-5-6-8-11(10)16(12,21-13)15(18)20-4-2/h5-9,13H,3-4H2,1-2H3/t13-,16-/m1/s1. The van der Waals surface area contributed by atoms with Crippen LogP contribution in [-0.4, -0.2) is 25.2 Å². The van der Waals surface area contributed by atoms with Gasteiger partial charge in [0.05, 0.1) is 18.8 Å². The zero-order valence-corrected chi connectivity index (χ0v) is 11.9. The first kappa shape index (κ1) is 13.8. The molecule has 0 spiro atoms. The summed E-state index contributed by atoms with van der Waals surface area (Å²) in [4.78, 5) is 24.7. The van der Waals surface area contributed by atoms with E-state index in [9.17, 15) is 9.59 Å². The Balaban J connectivity index is 2.11. The first-order valence-electron chi connectivity index (χ1n) is 6.99. The lowest BCUT2D eigenvalue weighted by atomic mass is 9.81. The zero-order valence-electron chi connectivity index (χ0n) is 11.9. The fraction of sp³-hybridized carbons (Fsp3) is 0.375. The summed E-state index contributed by atoms with van der Waals surface area (Å²) < 4.78 is 16.1. The smallest absolute Gasteiger partial charge is 0.348 e. The molecule has 3 rings (SSSR count). The Bertz CT molecular complexity index is 633. The highest BCUT2D eigenvalue weighted by Gasteiger charge is 2.60. The van der Waals surface area contributed by atoms with Gasteiger partial charge >= 0.3 is 11.9 Å². The number of hydrogen-bond donors (Lipinski definition) is 0. The molecule has 5 heteroatoms. The Hall–Kier alpha value is -2.14. The Morgan fingerprint density at radius 1 is 1.19 bits per heavy atom. The fourth-order valence-electron chi connectivity index (χ4n) is 2.91. The van der Waals surface area contributed by atoms with Gasteiger partial charge in [-0.25, -0.2) is 9.59 Å². The minimum atomic E-state index is -1.48. The monoisotopic (exact) mass is 288 g/mol. The molecule has 0 aliphatic carbocycles. The highest BCUT2D eigenvalue weighted by Crippen LogP contribution is 2.55. The number of carbonyl (C=O) groups excluding carboxylic acids is 2.